The number of ether oxygens (including phenoxy) is 1. The maximum absolute atomic E-state index is 6.26. The molecule has 0 spiro atoms. The molecule has 0 amide bonds. The summed E-state index contributed by atoms with van der Waals surface area (Å²) in [5.74, 6) is 2.85. The summed E-state index contributed by atoms with van der Waals surface area (Å²) >= 11 is 3.48. The highest BCUT2D eigenvalue weighted by Gasteiger charge is 2.32. The number of rotatable bonds is 3. The fraction of sp³-hybridized carbons (Fsp3) is 0.625. The van der Waals surface area contributed by atoms with Gasteiger partial charge in [0.1, 0.15) is 11.9 Å². The number of benzene rings is 1. The Bertz CT molecular complexity index is 433. The number of hydrogen-bond acceptors (Lipinski definition) is 2. The molecule has 1 saturated carbocycles. The predicted molar refractivity (Wildman–Crippen MR) is 84.3 cm³/mol. The van der Waals surface area contributed by atoms with Gasteiger partial charge in [0.15, 0.2) is 0 Å². The number of anilines is 1. The van der Waals surface area contributed by atoms with Crippen molar-refractivity contribution in [3.8, 4) is 5.75 Å². The van der Waals surface area contributed by atoms with Gasteiger partial charge in [-0.3, -0.25) is 0 Å². The summed E-state index contributed by atoms with van der Waals surface area (Å²) in [7, 11) is 0. The molecule has 1 aliphatic rings. The second kappa shape index (κ2) is 6.17. The van der Waals surface area contributed by atoms with Crippen molar-refractivity contribution in [3.63, 3.8) is 0 Å². The molecule has 1 aliphatic carbocycles. The molecule has 1 fully saturated rings. The lowest BCUT2D eigenvalue weighted by atomic mass is 9.75. The Labute approximate surface area is 124 Å². The summed E-state index contributed by atoms with van der Waals surface area (Å²) in [6, 6.07) is 5.83. The molecular weight excluding hydrogens is 302 g/mol. The number of nitrogens with two attached hydrogens (primary N) is 1. The molecule has 3 unspecified atom stereocenters. The van der Waals surface area contributed by atoms with Crippen LogP contribution in [0.1, 0.15) is 40.0 Å². The van der Waals surface area contributed by atoms with E-state index >= 15 is 0 Å². The second-order valence-corrected chi connectivity index (χ2v) is 7.08. The lowest BCUT2D eigenvalue weighted by molar-refractivity contribution is 0.0465. The number of halogens is 1. The first-order chi connectivity index (χ1) is 8.97. The molecule has 0 saturated heterocycles. The molecule has 2 nitrogen and oxygen atoms in total. The molecule has 0 aliphatic heterocycles. The van der Waals surface area contributed by atoms with Gasteiger partial charge >= 0.3 is 0 Å². The SMILES string of the molecule is CC1CCC(C(C)C)C(Oc2cc(Br)ccc2N)C1. The molecule has 0 aromatic heterocycles. The average molecular weight is 326 g/mol. The van der Waals surface area contributed by atoms with Crippen LogP contribution in [0.15, 0.2) is 22.7 Å². The minimum atomic E-state index is 0.292. The lowest BCUT2D eigenvalue weighted by Gasteiger charge is -2.37. The minimum absolute atomic E-state index is 0.292. The van der Waals surface area contributed by atoms with Gasteiger partial charge in [-0.05, 0) is 48.8 Å². The van der Waals surface area contributed by atoms with Crippen molar-refractivity contribution in [1.29, 1.82) is 0 Å². The highest BCUT2D eigenvalue weighted by molar-refractivity contribution is 9.10. The van der Waals surface area contributed by atoms with Gasteiger partial charge < -0.3 is 10.5 Å². The predicted octanol–water partition coefficient (Wildman–Crippen LogP) is 4.87. The molecule has 0 radical (unpaired) electrons. The maximum atomic E-state index is 6.26. The van der Waals surface area contributed by atoms with Crippen LogP contribution in [-0.2, 0) is 0 Å². The van der Waals surface area contributed by atoms with Gasteiger partial charge in [-0.2, -0.15) is 0 Å². The van der Waals surface area contributed by atoms with Crippen LogP contribution in [0.3, 0.4) is 0 Å². The zero-order valence-corrected chi connectivity index (χ0v) is 13.6. The van der Waals surface area contributed by atoms with E-state index in [1.165, 1.54) is 12.8 Å². The van der Waals surface area contributed by atoms with Crippen molar-refractivity contribution in [1.82, 2.24) is 0 Å². The zero-order chi connectivity index (χ0) is 14.0. The molecule has 19 heavy (non-hydrogen) atoms. The van der Waals surface area contributed by atoms with Crippen molar-refractivity contribution in [2.45, 2.75) is 46.1 Å². The molecule has 106 valence electrons. The van der Waals surface area contributed by atoms with Crippen LogP contribution in [0, 0.1) is 17.8 Å². The van der Waals surface area contributed by atoms with Crippen LogP contribution in [0.25, 0.3) is 0 Å². The summed E-state index contributed by atoms with van der Waals surface area (Å²) in [6.45, 7) is 6.90. The van der Waals surface area contributed by atoms with E-state index in [1.807, 2.05) is 18.2 Å². The standard InChI is InChI=1S/C16H24BrNO/c1-10(2)13-6-4-11(3)8-15(13)19-16-9-12(17)5-7-14(16)18/h5,7,9-11,13,15H,4,6,8,18H2,1-3H3. The molecule has 0 heterocycles. The van der Waals surface area contributed by atoms with E-state index in [4.69, 9.17) is 10.5 Å². The van der Waals surface area contributed by atoms with E-state index < -0.39 is 0 Å². The first-order valence-electron chi connectivity index (χ1n) is 7.19. The van der Waals surface area contributed by atoms with Gasteiger partial charge in [-0.1, -0.05) is 43.1 Å². The average Bonchev–Trinajstić information content (AvgIpc) is 2.33. The first-order valence-corrected chi connectivity index (χ1v) is 7.98. The van der Waals surface area contributed by atoms with E-state index in [-0.39, 0.29) is 0 Å². The summed E-state index contributed by atoms with van der Waals surface area (Å²) in [4.78, 5) is 0. The molecular formula is C16H24BrNO. The van der Waals surface area contributed by atoms with Crippen molar-refractivity contribution in [2.75, 3.05) is 5.73 Å². The van der Waals surface area contributed by atoms with E-state index in [2.05, 4.69) is 36.7 Å². The Morgan fingerprint density at radius 3 is 2.74 bits per heavy atom. The summed E-state index contributed by atoms with van der Waals surface area (Å²) in [6.07, 6.45) is 4.00. The smallest absolute Gasteiger partial charge is 0.143 e. The molecule has 3 atom stereocenters. The third-order valence-corrected chi connectivity index (χ3v) is 4.71. The van der Waals surface area contributed by atoms with Crippen molar-refractivity contribution in [2.24, 2.45) is 17.8 Å². The van der Waals surface area contributed by atoms with Gasteiger partial charge in [0.2, 0.25) is 0 Å². The van der Waals surface area contributed by atoms with Crippen LogP contribution in [0.5, 0.6) is 5.75 Å². The van der Waals surface area contributed by atoms with Crippen LogP contribution in [0.4, 0.5) is 5.69 Å². The number of nitrogen functional groups attached to an aromatic ring is 1. The Morgan fingerprint density at radius 1 is 1.32 bits per heavy atom. The second-order valence-electron chi connectivity index (χ2n) is 6.16. The Hall–Kier alpha value is -0.700. The van der Waals surface area contributed by atoms with Gasteiger partial charge in [-0.25, -0.2) is 0 Å². The van der Waals surface area contributed by atoms with E-state index in [0.717, 1.165) is 28.2 Å². The molecule has 1 aromatic carbocycles. The van der Waals surface area contributed by atoms with Gasteiger partial charge in [-0.15, -0.1) is 0 Å². The monoisotopic (exact) mass is 325 g/mol. The molecule has 2 N–H and O–H groups in total. The van der Waals surface area contributed by atoms with Crippen LogP contribution in [0.2, 0.25) is 0 Å². The normalized spacial score (nSPS) is 27.5. The fourth-order valence-corrected chi connectivity index (χ4v) is 3.36. The Kier molecular flexibility index (Phi) is 4.77. The van der Waals surface area contributed by atoms with Crippen LogP contribution in [-0.4, -0.2) is 6.10 Å². The van der Waals surface area contributed by atoms with E-state index in [0.29, 0.717) is 17.9 Å². The van der Waals surface area contributed by atoms with Crippen LogP contribution >= 0.6 is 15.9 Å². The molecule has 3 heteroatoms. The topological polar surface area (TPSA) is 35.2 Å². The minimum Gasteiger partial charge on any atom is -0.488 e. The molecule has 2 rings (SSSR count). The number of hydrogen-bond donors (Lipinski definition) is 1. The fourth-order valence-electron chi connectivity index (χ4n) is 3.02. The van der Waals surface area contributed by atoms with Crippen molar-refractivity contribution < 1.29 is 4.74 Å². The van der Waals surface area contributed by atoms with E-state index in [9.17, 15) is 0 Å². The van der Waals surface area contributed by atoms with Crippen LogP contribution < -0.4 is 10.5 Å². The molecule has 1 aromatic rings. The first kappa shape index (κ1) is 14.7. The summed E-state index contributed by atoms with van der Waals surface area (Å²) in [5.41, 5.74) is 6.74. The quantitative estimate of drug-likeness (QED) is 0.804. The van der Waals surface area contributed by atoms with Gasteiger partial charge in [0, 0.05) is 4.47 Å². The summed E-state index contributed by atoms with van der Waals surface area (Å²) < 4.78 is 7.27. The van der Waals surface area contributed by atoms with Gasteiger partial charge in [0.05, 0.1) is 5.69 Å². The third kappa shape index (κ3) is 3.65. The van der Waals surface area contributed by atoms with Crippen molar-refractivity contribution >= 4 is 21.6 Å². The lowest BCUT2D eigenvalue weighted by Crippen LogP contribution is -2.36. The third-order valence-electron chi connectivity index (χ3n) is 4.22. The largest absolute Gasteiger partial charge is 0.488 e. The Balaban J connectivity index is 2.16. The van der Waals surface area contributed by atoms with Gasteiger partial charge in [0.25, 0.3) is 0 Å². The Morgan fingerprint density at radius 2 is 2.05 bits per heavy atom. The zero-order valence-electron chi connectivity index (χ0n) is 12.0. The highest BCUT2D eigenvalue weighted by Crippen LogP contribution is 2.37. The van der Waals surface area contributed by atoms with Crippen molar-refractivity contribution in [3.05, 3.63) is 22.7 Å². The molecule has 0 bridgehead atoms. The maximum Gasteiger partial charge on any atom is 0.143 e. The van der Waals surface area contributed by atoms with E-state index in [1.54, 1.807) is 0 Å². The summed E-state index contributed by atoms with van der Waals surface area (Å²) in [5, 5.41) is 0. The highest BCUT2D eigenvalue weighted by atomic mass is 79.9.